The molecule has 0 rings (SSSR count). The molecule has 0 aromatic rings. The van der Waals surface area contributed by atoms with E-state index in [1.807, 2.05) is 0 Å². The fourth-order valence-corrected chi connectivity index (χ4v) is 5.06. The van der Waals surface area contributed by atoms with Crippen LogP contribution in [0.4, 0.5) is 0 Å². The third-order valence-corrected chi connectivity index (χ3v) is 7.05. The number of hydrogen-bond acceptors (Lipinski definition) is 1. The van der Waals surface area contributed by atoms with Gasteiger partial charge in [-0.15, -0.1) is 0 Å². The summed E-state index contributed by atoms with van der Waals surface area (Å²) < 4.78 is 5.88. The number of hydrogen-bond donors (Lipinski definition) is 0. The second kappa shape index (κ2) is 15.1. The molecule has 0 heterocycles. The molecule has 0 amide bonds. The van der Waals surface area contributed by atoms with Gasteiger partial charge in [0.1, 0.15) is 0 Å². The molecule has 0 aliphatic rings. The van der Waals surface area contributed by atoms with Gasteiger partial charge in [-0.2, -0.15) is 0 Å². The van der Waals surface area contributed by atoms with Crippen molar-refractivity contribution in [3.05, 3.63) is 0 Å². The van der Waals surface area contributed by atoms with Gasteiger partial charge in [0.05, 0.1) is 0 Å². The lowest BCUT2D eigenvalue weighted by Crippen LogP contribution is -2.29. The first-order valence-electron chi connectivity index (χ1n) is 9.76. The van der Waals surface area contributed by atoms with Gasteiger partial charge in [0.2, 0.25) is 0 Å². The zero-order chi connectivity index (χ0) is 15.8. The Hall–Kier alpha value is 0.177. The van der Waals surface area contributed by atoms with Gasteiger partial charge in [0, 0.05) is 6.61 Å². The van der Waals surface area contributed by atoms with E-state index in [9.17, 15) is 0 Å². The monoisotopic (exact) mass is 314 g/mol. The van der Waals surface area contributed by atoms with Crippen LogP contribution in [0.5, 0.6) is 0 Å². The normalized spacial score (nSPS) is 12.0. The fraction of sp³-hybridized carbons (Fsp3) is 1.00. The van der Waals surface area contributed by atoms with Gasteiger partial charge in [-0.1, -0.05) is 90.4 Å². The van der Waals surface area contributed by atoms with E-state index in [-0.39, 0.29) is 0 Å². The SMILES string of the molecule is CCCCCCCCCCCCCCC[Si](C)(C)OCC. The largest absolute Gasteiger partial charge is 0.418 e. The maximum absolute atomic E-state index is 5.88. The second-order valence-electron chi connectivity index (χ2n) is 7.19. The van der Waals surface area contributed by atoms with Gasteiger partial charge in [0.25, 0.3) is 0 Å². The molecular formula is C19H42OSi. The van der Waals surface area contributed by atoms with Gasteiger partial charge < -0.3 is 4.43 Å². The quantitative estimate of drug-likeness (QED) is 0.214. The van der Waals surface area contributed by atoms with Crippen LogP contribution in [0.3, 0.4) is 0 Å². The molecule has 0 aromatic carbocycles. The first-order chi connectivity index (χ1) is 10.1. The van der Waals surface area contributed by atoms with Crippen LogP contribution in [0.2, 0.25) is 19.1 Å². The number of unbranched alkanes of at least 4 members (excludes halogenated alkanes) is 12. The molecule has 0 spiro atoms. The minimum absolute atomic E-state index is 0.900. The summed E-state index contributed by atoms with van der Waals surface area (Å²) in [5, 5.41) is 0. The van der Waals surface area contributed by atoms with Crippen molar-refractivity contribution in [3.8, 4) is 0 Å². The van der Waals surface area contributed by atoms with Crippen molar-refractivity contribution >= 4 is 8.32 Å². The zero-order valence-corrected chi connectivity index (χ0v) is 16.5. The predicted octanol–water partition coefficient (Wildman–Crippen LogP) is 7.32. The van der Waals surface area contributed by atoms with Crippen LogP contribution >= 0.6 is 0 Å². The highest BCUT2D eigenvalue weighted by molar-refractivity contribution is 6.71. The Morgan fingerprint density at radius 1 is 0.571 bits per heavy atom. The van der Waals surface area contributed by atoms with Crippen LogP contribution in [0.1, 0.15) is 97.3 Å². The lowest BCUT2D eigenvalue weighted by molar-refractivity contribution is 0.327. The van der Waals surface area contributed by atoms with Crippen LogP contribution in [0, 0.1) is 0 Å². The van der Waals surface area contributed by atoms with Gasteiger partial charge in [-0.05, 0) is 26.1 Å². The Morgan fingerprint density at radius 3 is 1.33 bits per heavy atom. The first kappa shape index (κ1) is 21.2. The van der Waals surface area contributed by atoms with Crippen LogP contribution in [0.15, 0.2) is 0 Å². The van der Waals surface area contributed by atoms with E-state index in [2.05, 4.69) is 26.9 Å². The summed E-state index contributed by atoms with van der Waals surface area (Å²) in [5.41, 5.74) is 0. The highest BCUT2D eigenvalue weighted by atomic mass is 28.4. The smallest absolute Gasteiger partial charge is 0.186 e. The maximum atomic E-state index is 5.88. The Bertz CT molecular complexity index is 204. The van der Waals surface area contributed by atoms with E-state index in [1.165, 1.54) is 89.5 Å². The van der Waals surface area contributed by atoms with Crippen molar-refractivity contribution in [3.63, 3.8) is 0 Å². The van der Waals surface area contributed by atoms with Crippen molar-refractivity contribution in [1.29, 1.82) is 0 Å². The zero-order valence-electron chi connectivity index (χ0n) is 15.5. The highest BCUT2D eigenvalue weighted by Gasteiger charge is 2.20. The van der Waals surface area contributed by atoms with Gasteiger partial charge in [0.15, 0.2) is 8.32 Å². The maximum Gasteiger partial charge on any atom is 0.186 e. The summed E-state index contributed by atoms with van der Waals surface area (Å²) in [6, 6.07) is 1.35. The Labute approximate surface area is 136 Å². The van der Waals surface area contributed by atoms with Gasteiger partial charge in [-0.3, -0.25) is 0 Å². The van der Waals surface area contributed by atoms with Crippen molar-refractivity contribution in [2.24, 2.45) is 0 Å². The molecule has 0 saturated carbocycles. The average molecular weight is 315 g/mol. The van der Waals surface area contributed by atoms with Crippen LogP contribution in [-0.4, -0.2) is 14.9 Å². The molecular weight excluding hydrogens is 272 g/mol. The lowest BCUT2D eigenvalue weighted by Gasteiger charge is -2.21. The van der Waals surface area contributed by atoms with E-state index >= 15 is 0 Å². The molecule has 0 aliphatic carbocycles. The van der Waals surface area contributed by atoms with E-state index in [1.54, 1.807) is 0 Å². The average Bonchev–Trinajstić information content (AvgIpc) is 2.44. The molecule has 0 unspecified atom stereocenters. The van der Waals surface area contributed by atoms with Crippen molar-refractivity contribution in [2.75, 3.05) is 6.61 Å². The molecule has 0 fully saturated rings. The molecule has 0 aromatic heterocycles. The summed E-state index contributed by atoms with van der Waals surface area (Å²) in [4.78, 5) is 0. The van der Waals surface area contributed by atoms with Gasteiger partial charge >= 0.3 is 0 Å². The lowest BCUT2D eigenvalue weighted by atomic mass is 10.1. The summed E-state index contributed by atoms with van der Waals surface area (Å²) in [6.07, 6.45) is 18.7. The van der Waals surface area contributed by atoms with Crippen LogP contribution < -0.4 is 0 Å². The Balaban J connectivity index is 3.12. The second-order valence-corrected chi connectivity index (χ2v) is 11.5. The Kier molecular flexibility index (Phi) is 15.2. The third-order valence-electron chi connectivity index (χ3n) is 4.42. The minimum atomic E-state index is -1.30. The van der Waals surface area contributed by atoms with E-state index in [4.69, 9.17) is 4.43 Å². The molecule has 128 valence electrons. The molecule has 0 atom stereocenters. The van der Waals surface area contributed by atoms with Crippen molar-refractivity contribution < 1.29 is 4.43 Å². The first-order valence-corrected chi connectivity index (χ1v) is 12.9. The molecule has 1 nitrogen and oxygen atoms in total. The number of rotatable bonds is 16. The summed E-state index contributed by atoms with van der Waals surface area (Å²) in [6.45, 7) is 10.0. The molecule has 0 N–H and O–H groups in total. The van der Waals surface area contributed by atoms with Crippen molar-refractivity contribution in [2.45, 2.75) is 116 Å². The van der Waals surface area contributed by atoms with E-state index < -0.39 is 8.32 Å². The molecule has 0 saturated heterocycles. The van der Waals surface area contributed by atoms with E-state index in [0.717, 1.165) is 6.61 Å². The summed E-state index contributed by atoms with van der Waals surface area (Å²) in [5.74, 6) is 0. The molecule has 21 heavy (non-hydrogen) atoms. The summed E-state index contributed by atoms with van der Waals surface area (Å²) >= 11 is 0. The van der Waals surface area contributed by atoms with E-state index in [0.29, 0.717) is 0 Å². The van der Waals surface area contributed by atoms with Gasteiger partial charge in [-0.25, -0.2) is 0 Å². The highest BCUT2D eigenvalue weighted by Crippen LogP contribution is 2.17. The summed E-state index contributed by atoms with van der Waals surface area (Å²) in [7, 11) is -1.30. The molecule has 0 aliphatic heterocycles. The van der Waals surface area contributed by atoms with Crippen LogP contribution in [-0.2, 0) is 4.43 Å². The minimum Gasteiger partial charge on any atom is -0.418 e. The van der Waals surface area contributed by atoms with Crippen LogP contribution in [0.25, 0.3) is 0 Å². The standard InChI is InChI=1S/C19H42OSi/c1-5-7-8-9-10-11-12-13-14-15-16-17-18-19-21(3,4)20-6-2/h5-19H2,1-4H3. The molecule has 0 radical (unpaired) electrons. The van der Waals surface area contributed by atoms with Crippen molar-refractivity contribution in [1.82, 2.24) is 0 Å². The predicted molar refractivity (Wildman–Crippen MR) is 99.6 cm³/mol. The topological polar surface area (TPSA) is 9.23 Å². The fourth-order valence-electron chi connectivity index (χ4n) is 3.03. The molecule has 0 bridgehead atoms. The Morgan fingerprint density at radius 2 is 0.952 bits per heavy atom. The molecule has 2 heteroatoms. The third kappa shape index (κ3) is 16.4.